The van der Waals surface area contributed by atoms with Gasteiger partial charge >= 0.3 is 6.03 Å². The maximum absolute atomic E-state index is 12.7. The molecule has 0 heterocycles. The Morgan fingerprint density at radius 3 is 2.12 bits per heavy atom. The number of carbonyl (C=O) groups excluding carboxylic acids is 2. The third-order valence-corrected chi connectivity index (χ3v) is 8.89. The smallest absolute Gasteiger partial charge is 0.323 e. The summed E-state index contributed by atoms with van der Waals surface area (Å²) in [5, 5.41) is 48.8. The standard InChI is InChI=1S/C32H25Cl2N7O9S2/c1-16-11-23(8-10-26(16)39-40-29-25(34)14-19(33)15-28(29)52(46,47)48)38-41-30-27(51-50-49-45)13-18-12-22(7-9-24(18)31(30)43)37-32(44)36-21-5-3-20(4-6-21)35-17(2)42/h3-15,43,45H,1-2H3,(H,35,42)(H2,36,37,44)(H,46,47,48). The van der Waals surface area contributed by atoms with E-state index in [0.717, 1.165) is 6.07 Å². The van der Waals surface area contributed by atoms with Crippen molar-refractivity contribution in [2.75, 3.05) is 16.0 Å². The molecule has 0 saturated carbocycles. The molecule has 5 aromatic carbocycles. The molecule has 0 spiro atoms. The summed E-state index contributed by atoms with van der Waals surface area (Å²) in [7, 11) is -4.71. The molecule has 0 aliphatic carbocycles. The summed E-state index contributed by atoms with van der Waals surface area (Å²) in [6, 6.07) is 19.1. The number of urea groups is 1. The number of fused-ring (bicyclic) bond motifs is 1. The van der Waals surface area contributed by atoms with Gasteiger partial charge in [0.25, 0.3) is 10.1 Å². The van der Waals surface area contributed by atoms with Gasteiger partial charge in [0, 0.05) is 34.4 Å². The highest BCUT2D eigenvalue weighted by Gasteiger charge is 2.20. The van der Waals surface area contributed by atoms with Crippen LogP contribution in [0.3, 0.4) is 0 Å². The Bertz CT molecular complexity index is 2360. The lowest BCUT2D eigenvalue weighted by molar-refractivity contribution is -0.432. The number of azo groups is 2. The molecule has 5 rings (SSSR count). The Kier molecular flexibility index (Phi) is 12.0. The topological polar surface area (TPSA) is 233 Å². The van der Waals surface area contributed by atoms with Crippen LogP contribution in [-0.4, -0.2) is 35.3 Å². The largest absolute Gasteiger partial charge is 0.505 e. The fourth-order valence-electron chi connectivity index (χ4n) is 4.64. The van der Waals surface area contributed by atoms with Crippen molar-refractivity contribution >= 4 is 108 Å². The summed E-state index contributed by atoms with van der Waals surface area (Å²) in [5.74, 6) is -0.516. The number of hydrogen-bond acceptors (Lipinski definition) is 13. The molecule has 0 atom stereocenters. The number of phenolic OH excluding ortho intramolecular Hbond substituents is 1. The van der Waals surface area contributed by atoms with Gasteiger partial charge in [-0.1, -0.05) is 28.2 Å². The Morgan fingerprint density at radius 2 is 1.46 bits per heavy atom. The summed E-state index contributed by atoms with van der Waals surface area (Å²) in [5.41, 5.74) is 2.26. The molecule has 0 radical (unpaired) electrons. The first-order valence-electron chi connectivity index (χ1n) is 14.5. The van der Waals surface area contributed by atoms with Gasteiger partial charge in [0.2, 0.25) is 5.91 Å². The zero-order valence-electron chi connectivity index (χ0n) is 26.7. The van der Waals surface area contributed by atoms with Gasteiger partial charge < -0.3 is 21.1 Å². The van der Waals surface area contributed by atoms with E-state index in [0.29, 0.717) is 56.8 Å². The van der Waals surface area contributed by atoms with Gasteiger partial charge in [-0.3, -0.25) is 9.35 Å². The van der Waals surface area contributed by atoms with E-state index in [1.54, 1.807) is 61.5 Å². The van der Waals surface area contributed by atoms with Crippen LogP contribution >= 0.6 is 35.2 Å². The van der Waals surface area contributed by atoms with Crippen molar-refractivity contribution in [2.45, 2.75) is 23.6 Å². The van der Waals surface area contributed by atoms with E-state index >= 15 is 0 Å². The molecule has 0 aliphatic heterocycles. The summed E-state index contributed by atoms with van der Waals surface area (Å²) >= 11 is 12.5. The third kappa shape index (κ3) is 9.57. The van der Waals surface area contributed by atoms with Gasteiger partial charge in [-0.25, -0.2) is 10.1 Å². The Labute approximate surface area is 309 Å². The van der Waals surface area contributed by atoms with E-state index in [-0.39, 0.29) is 38.0 Å². The molecule has 0 bridgehead atoms. The Balaban J connectivity index is 1.37. The van der Waals surface area contributed by atoms with Crippen LogP contribution in [0.2, 0.25) is 10.0 Å². The fourth-order valence-corrected chi connectivity index (χ4v) is 6.45. The zero-order chi connectivity index (χ0) is 37.6. The van der Waals surface area contributed by atoms with Gasteiger partial charge in [-0.15, -0.1) is 14.6 Å². The van der Waals surface area contributed by atoms with Gasteiger partial charge in [-0.05, 0) is 96.7 Å². The normalized spacial score (nSPS) is 11.7. The van der Waals surface area contributed by atoms with Crippen LogP contribution in [-0.2, 0) is 24.3 Å². The zero-order valence-corrected chi connectivity index (χ0v) is 29.8. The molecule has 6 N–H and O–H groups in total. The number of phenols is 1. The van der Waals surface area contributed by atoms with Gasteiger partial charge in [-0.2, -0.15) is 18.6 Å². The number of nitrogens with zero attached hydrogens (tertiary/aromatic N) is 4. The molecule has 268 valence electrons. The van der Waals surface area contributed by atoms with Crippen molar-refractivity contribution in [3.63, 3.8) is 0 Å². The van der Waals surface area contributed by atoms with E-state index < -0.39 is 21.0 Å². The quantitative estimate of drug-likeness (QED) is 0.0244. The van der Waals surface area contributed by atoms with Crippen molar-refractivity contribution in [1.29, 1.82) is 0 Å². The minimum atomic E-state index is -4.71. The molecule has 16 nitrogen and oxygen atoms in total. The minimum Gasteiger partial charge on any atom is -0.505 e. The van der Waals surface area contributed by atoms with Crippen LogP contribution in [0.5, 0.6) is 5.75 Å². The minimum absolute atomic E-state index is 0.0244. The average Bonchev–Trinajstić information content (AvgIpc) is 3.07. The Hall–Kier alpha value is -5.18. The fraction of sp³-hybridized carbons (Fsp3) is 0.0625. The molecule has 0 fully saturated rings. The first kappa shape index (κ1) is 38.1. The molecule has 0 unspecified atom stereocenters. The third-order valence-electron chi connectivity index (χ3n) is 6.90. The highest BCUT2D eigenvalue weighted by Crippen LogP contribution is 2.45. The highest BCUT2D eigenvalue weighted by atomic mass is 35.5. The number of aromatic hydroxyl groups is 1. The highest BCUT2D eigenvalue weighted by molar-refractivity contribution is 7.94. The molecule has 52 heavy (non-hydrogen) atoms. The second-order valence-corrected chi connectivity index (χ2v) is 13.6. The summed E-state index contributed by atoms with van der Waals surface area (Å²) in [6.45, 7) is 3.07. The number of carbonyl (C=O) groups is 2. The number of aryl methyl sites for hydroxylation is 1. The van der Waals surface area contributed by atoms with Crippen molar-refractivity contribution in [3.8, 4) is 5.75 Å². The van der Waals surface area contributed by atoms with E-state index in [2.05, 4.69) is 45.8 Å². The predicted octanol–water partition coefficient (Wildman–Crippen LogP) is 10.3. The number of nitrogens with one attached hydrogen (secondary N) is 3. The summed E-state index contributed by atoms with van der Waals surface area (Å²) in [4.78, 5) is 23.5. The molecular formula is C32H25Cl2N7O9S2. The van der Waals surface area contributed by atoms with Crippen LogP contribution in [0.1, 0.15) is 12.5 Å². The predicted molar refractivity (Wildman–Crippen MR) is 195 cm³/mol. The maximum Gasteiger partial charge on any atom is 0.323 e. The molecule has 3 amide bonds. The number of rotatable bonds is 11. The van der Waals surface area contributed by atoms with Gasteiger partial charge in [0.1, 0.15) is 16.3 Å². The summed E-state index contributed by atoms with van der Waals surface area (Å²) in [6.07, 6.45) is 0. The molecule has 0 aromatic heterocycles. The van der Waals surface area contributed by atoms with Crippen LogP contribution < -0.4 is 16.0 Å². The molecule has 20 heteroatoms. The van der Waals surface area contributed by atoms with Crippen LogP contribution in [0.25, 0.3) is 10.8 Å². The van der Waals surface area contributed by atoms with E-state index in [9.17, 15) is 27.7 Å². The number of halogens is 2. The number of anilines is 3. The monoisotopic (exact) mass is 785 g/mol. The van der Waals surface area contributed by atoms with Crippen molar-refractivity contribution < 1.29 is 42.3 Å². The number of amides is 3. The second-order valence-electron chi connectivity index (χ2n) is 10.7. The lowest BCUT2D eigenvalue weighted by Gasteiger charge is -2.12. The van der Waals surface area contributed by atoms with Crippen molar-refractivity contribution in [1.82, 2.24) is 0 Å². The van der Waals surface area contributed by atoms with Gasteiger partial charge in [0.15, 0.2) is 5.75 Å². The van der Waals surface area contributed by atoms with E-state index in [4.69, 9.17) is 28.5 Å². The average molecular weight is 787 g/mol. The summed E-state index contributed by atoms with van der Waals surface area (Å²) < 4.78 is 37.8. The SMILES string of the molecule is CC(=O)Nc1ccc(NC(=O)Nc2ccc3c(O)c(N=Nc4ccc(N=Nc5c(Cl)cc(Cl)cc5S(=O)(=O)O)c(C)c4)c(SOOO)cc3c2)cc1. The maximum atomic E-state index is 12.7. The molecule has 0 aliphatic rings. The van der Waals surface area contributed by atoms with Crippen LogP contribution in [0.4, 0.5) is 44.6 Å². The first-order valence-corrected chi connectivity index (χ1v) is 17.5. The van der Waals surface area contributed by atoms with Gasteiger partial charge in [0.05, 0.1) is 33.3 Å². The number of hydrogen-bond donors (Lipinski definition) is 6. The molecule has 5 aromatic rings. The Morgan fingerprint density at radius 1 is 0.808 bits per heavy atom. The lowest BCUT2D eigenvalue weighted by Crippen LogP contribution is -2.19. The molecule has 0 saturated heterocycles. The number of benzene rings is 5. The van der Waals surface area contributed by atoms with Crippen LogP contribution in [0.15, 0.2) is 109 Å². The first-order chi connectivity index (χ1) is 24.7. The van der Waals surface area contributed by atoms with Crippen LogP contribution in [0, 0.1) is 6.92 Å². The molecular weight excluding hydrogens is 761 g/mol. The second kappa shape index (κ2) is 16.4. The van der Waals surface area contributed by atoms with E-state index in [1.807, 2.05) is 0 Å². The lowest BCUT2D eigenvalue weighted by atomic mass is 10.1. The van der Waals surface area contributed by atoms with Crippen molar-refractivity contribution in [3.05, 3.63) is 94.5 Å². The van der Waals surface area contributed by atoms with Crippen molar-refractivity contribution in [2.24, 2.45) is 20.5 Å². The van der Waals surface area contributed by atoms with E-state index in [1.165, 1.54) is 25.1 Å².